The second-order valence-electron chi connectivity index (χ2n) is 9.15. The first-order valence-corrected chi connectivity index (χ1v) is 12.1. The van der Waals surface area contributed by atoms with Crippen molar-refractivity contribution in [2.45, 2.75) is 30.4 Å². The van der Waals surface area contributed by atoms with Crippen molar-refractivity contribution in [3.05, 3.63) is 94.3 Å². The van der Waals surface area contributed by atoms with Crippen LogP contribution in [0.3, 0.4) is 0 Å². The van der Waals surface area contributed by atoms with Gasteiger partial charge >= 0.3 is 12.3 Å². The molecule has 7 nitrogen and oxygen atoms in total. The van der Waals surface area contributed by atoms with Crippen molar-refractivity contribution in [1.29, 1.82) is 0 Å². The molecule has 1 saturated carbocycles. The maximum atomic E-state index is 14.3. The highest BCUT2D eigenvalue weighted by Crippen LogP contribution is 2.64. The van der Waals surface area contributed by atoms with E-state index in [2.05, 4.69) is 9.72 Å². The van der Waals surface area contributed by atoms with E-state index in [0.29, 0.717) is 5.56 Å². The molecular formula is C28H21ClF3NO6. The van der Waals surface area contributed by atoms with Gasteiger partial charge in [0.15, 0.2) is 5.60 Å². The molecule has 1 aromatic heterocycles. The molecule has 0 saturated heterocycles. The van der Waals surface area contributed by atoms with E-state index < -0.39 is 46.9 Å². The fourth-order valence-electron chi connectivity index (χ4n) is 5.55. The maximum Gasteiger partial charge on any atom is 0.573 e. The minimum absolute atomic E-state index is 0.0544. The van der Waals surface area contributed by atoms with E-state index in [9.17, 15) is 27.9 Å². The number of halogens is 4. The quantitative estimate of drug-likeness (QED) is 0.424. The normalized spacial score (nSPS) is 25.8. The van der Waals surface area contributed by atoms with Crippen LogP contribution in [0.4, 0.5) is 13.2 Å². The van der Waals surface area contributed by atoms with Crippen molar-refractivity contribution < 1.29 is 42.1 Å². The SMILES string of the molecule is C/C=C\c1cccc(C2C(C(=O)OC)[C@]3(O)C(=O)C2(c2ccc(OC(F)(F)F)cc2)Oc2cc(Cl)cnc23)c1. The van der Waals surface area contributed by atoms with Crippen molar-refractivity contribution in [1.82, 2.24) is 4.98 Å². The summed E-state index contributed by atoms with van der Waals surface area (Å²) in [6, 6.07) is 12.8. The van der Waals surface area contributed by atoms with Gasteiger partial charge in [-0.3, -0.25) is 14.6 Å². The summed E-state index contributed by atoms with van der Waals surface area (Å²) in [7, 11) is 1.12. The fourth-order valence-corrected chi connectivity index (χ4v) is 5.70. The van der Waals surface area contributed by atoms with Crippen molar-refractivity contribution in [2.75, 3.05) is 7.11 Å². The predicted molar refractivity (Wildman–Crippen MR) is 133 cm³/mol. The number of methoxy groups -OCH3 is 1. The van der Waals surface area contributed by atoms with E-state index in [1.165, 1.54) is 24.4 Å². The highest BCUT2D eigenvalue weighted by atomic mass is 35.5. The lowest BCUT2D eigenvalue weighted by atomic mass is 9.75. The van der Waals surface area contributed by atoms with Gasteiger partial charge in [0, 0.05) is 17.8 Å². The Kier molecular flexibility index (Phi) is 6.43. The Labute approximate surface area is 225 Å². The summed E-state index contributed by atoms with van der Waals surface area (Å²) in [5.41, 5.74) is -3.53. The van der Waals surface area contributed by atoms with E-state index in [1.807, 2.05) is 6.92 Å². The summed E-state index contributed by atoms with van der Waals surface area (Å²) in [5, 5.41) is 12.2. The van der Waals surface area contributed by atoms with Gasteiger partial charge in [0.25, 0.3) is 0 Å². The third kappa shape index (κ3) is 4.15. The Balaban J connectivity index is 1.81. The lowest BCUT2D eigenvalue weighted by Gasteiger charge is -2.39. The molecule has 11 heteroatoms. The third-order valence-electron chi connectivity index (χ3n) is 6.96. The first-order valence-electron chi connectivity index (χ1n) is 11.7. The summed E-state index contributed by atoms with van der Waals surface area (Å²) in [5.74, 6) is -5.12. The lowest BCUT2D eigenvalue weighted by molar-refractivity contribution is -0.274. The molecule has 0 radical (unpaired) electrons. The molecule has 3 aromatic rings. The van der Waals surface area contributed by atoms with Crippen molar-refractivity contribution >= 4 is 29.4 Å². The number of rotatable bonds is 5. The number of esters is 1. The van der Waals surface area contributed by atoms with Gasteiger partial charge in [-0.15, -0.1) is 13.2 Å². The number of ether oxygens (including phenoxy) is 3. The number of hydrogen-bond acceptors (Lipinski definition) is 7. The molecule has 3 unspecified atom stereocenters. The van der Waals surface area contributed by atoms with Crippen LogP contribution in [-0.4, -0.2) is 35.3 Å². The Morgan fingerprint density at radius 3 is 2.54 bits per heavy atom. The number of ketones is 1. The average molecular weight is 560 g/mol. The van der Waals surface area contributed by atoms with Crippen LogP contribution in [0.2, 0.25) is 5.02 Å². The van der Waals surface area contributed by atoms with Crippen molar-refractivity contribution in [3.63, 3.8) is 0 Å². The summed E-state index contributed by atoms with van der Waals surface area (Å²) < 4.78 is 53.8. The zero-order chi connectivity index (χ0) is 28.2. The second-order valence-corrected chi connectivity index (χ2v) is 9.59. The molecule has 2 aliphatic rings. The molecule has 202 valence electrons. The molecule has 0 spiro atoms. The molecule has 2 bridgehead atoms. The van der Waals surface area contributed by atoms with E-state index in [0.717, 1.165) is 24.8 Å². The number of alkyl halides is 3. The van der Waals surface area contributed by atoms with Gasteiger partial charge in [0.2, 0.25) is 11.4 Å². The Hall–Kier alpha value is -3.89. The number of aromatic nitrogens is 1. The van der Waals surface area contributed by atoms with E-state index in [4.69, 9.17) is 21.1 Å². The summed E-state index contributed by atoms with van der Waals surface area (Å²) in [4.78, 5) is 31.8. The van der Waals surface area contributed by atoms with Crippen LogP contribution in [0.15, 0.2) is 66.9 Å². The summed E-state index contributed by atoms with van der Waals surface area (Å²) in [6.45, 7) is 1.82. The zero-order valence-corrected chi connectivity index (χ0v) is 21.3. The summed E-state index contributed by atoms with van der Waals surface area (Å²) in [6.07, 6.45) is -0.117. The number of carbonyl (C=O) groups excluding carboxylic acids is 2. The van der Waals surface area contributed by atoms with Gasteiger partial charge in [0.05, 0.1) is 18.1 Å². The maximum absolute atomic E-state index is 14.3. The number of nitrogens with zero attached hydrogens (tertiary/aromatic N) is 1. The molecule has 1 N–H and O–H groups in total. The zero-order valence-electron chi connectivity index (χ0n) is 20.5. The number of fused-ring (bicyclic) bond motifs is 4. The second kappa shape index (κ2) is 9.39. The highest BCUT2D eigenvalue weighted by Gasteiger charge is 2.77. The van der Waals surface area contributed by atoms with Gasteiger partial charge in [-0.25, -0.2) is 0 Å². The number of hydrogen-bond donors (Lipinski definition) is 1. The van der Waals surface area contributed by atoms with E-state index >= 15 is 0 Å². The summed E-state index contributed by atoms with van der Waals surface area (Å²) >= 11 is 6.15. The first kappa shape index (κ1) is 26.7. The van der Waals surface area contributed by atoms with Crippen LogP contribution < -0.4 is 9.47 Å². The van der Waals surface area contributed by atoms with Crippen LogP contribution in [0.25, 0.3) is 6.08 Å². The van der Waals surface area contributed by atoms with E-state index in [1.54, 1.807) is 36.4 Å². The van der Waals surface area contributed by atoms with Crippen LogP contribution in [0.1, 0.15) is 35.2 Å². The fraction of sp³-hybridized carbons (Fsp3) is 0.250. The number of benzene rings is 2. The first-order chi connectivity index (χ1) is 18.5. The van der Waals surface area contributed by atoms with Gasteiger partial charge < -0.3 is 19.3 Å². The van der Waals surface area contributed by atoms with Gasteiger partial charge in [-0.2, -0.15) is 0 Å². The molecular weight excluding hydrogens is 539 g/mol. The molecule has 2 heterocycles. The molecule has 2 aromatic carbocycles. The molecule has 1 aliphatic heterocycles. The van der Waals surface area contributed by atoms with Crippen molar-refractivity contribution in [2.24, 2.45) is 5.92 Å². The van der Waals surface area contributed by atoms with E-state index in [-0.39, 0.29) is 22.0 Å². The average Bonchev–Trinajstić information content (AvgIpc) is 3.01. The third-order valence-corrected chi connectivity index (χ3v) is 7.16. The van der Waals surface area contributed by atoms with Gasteiger partial charge in [-0.05, 0) is 30.2 Å². The highest BCUT2D eigenvalue weighted by molar-refractivity contribution is 6.30. The molecule has 0 amide bonds. The largest absolute Gasteiger partial charge is 0.573 e. The monoisotopic (exact) mass is 559 g/mol. The predicted octanol–water partition coefficient (Wildman–Crippen LogP) is 5.30. The number of aliphatic hydroxyl groups is 1. The molecule has 39 heavy (non-hydrogen) atoms. The minimum Gasteiger partial charge on any atom is -0.472 e. The van der Waals surface area contributed by atoms with Crippen LogP contribution in [0, 0.1) is 5.92 Å². The smallest absolute Gasteiger partial charge is 0.472 e. The number of carbonyl (C=O) groups is 2. The Bertz CT molecular complexity index is 1490. The number of Topliss-reactive ketones (excluding diaryl/α,β-unsaturated/α-hetero) is 1. The van der Waals surface area contributed by atoms with Gasteiger partial charge in [-0.1, -0.05) is 60.2 Å². The molecule has 5 rings (SSSR count). The molecule has 4 atom stereocenters. The Morgan fingerprint density at radius 1 is 1.18 bits per heavy atom. The standard InChI is InChI=1S/C28H21ClF3NO6/c1-3-5-15-6-4-7-16(12-15)21-22(24(34)37-2)26(36)23-20(13-18(29)14-33-23)39-27(21,25(26)35)17-8-10-19(11-9-17)38-28(30,31)32/h3-14,21-22,36H,1-2H3/b5-3-/t21?,22?,26-,27?/m1/s1. The molecule has 1 aliphatic carbocycles. The van der Waals surface area contributed by atoms with Crippen LogP contribution in [0.5, 0.6) is 11.5 Å². The van der Waals surface area contributed by atoms with Crippen molar-refractivity contribution in [3.8, 4) is 11.5 Å². The molecule has 1 fully saturated rings. The van der Waals surface area contributed by atoms with Gasteiger partial charge in [0.1, 0.15) is 23.1 Å². The topological polar surface area (TPSA) is 95.0 Å². The Morgan fingerprint density at radius 2 is 1.90 bits per heavy atom. The minimum atomic E-state index is -4.93. The van der Waals surface area contributed by atoms with Crippen LogP contribution >= 0.6 is 11.6 Å². The van der Waals surface area contributed by atoms with Crippen LogP contribution in [-0.2, 0) is 25.5 Å². The number of pyridine rings is 1. The lowest BCUT2D eigenvalue weighted by Crippen LogP contribution is -2.51. The number of allylic oxidation sites excluding steroid dienone is 1.